The van der Waals surface area contributed by atoms with Gasteiger partial charge in [0.1, 0.15) is 11.5 Å². The number of hydrogen-bond acceptors (Lipinski definition) is 4. The molecule has 0 heterocycles. The number of carbonyl (C=O) groups is 2. The van der Waals surface area contributed by atoms with Gasteiger partial charge in [0.25, 0.3) is 5.91 Å². The number of fused-ring (bicyclic) bond motifs is 2. The highest BCUT2D eigenvalue weighted by molar-refractivity contribution is 6.00. The average molecular weight is 528 g/mol. The highest BCUT2D eigenvalue weighted by Crippen LogP contribution is 2.61. The Balaban J connectivity index is 1.51. The highest BCUT2D eigenvalue weighted by Gasteiger charge is 2.58. The van der Waals surface area contributed by atoms with Crippen LogP contribution in [-0.4, -0.2) is 32.0 Å². The zero-order chi connectivity index (χ0) is 27.9. The van der Waals surface area contributed by atoms with Gasteiger partial charge in [0.15, 0.2) is 5.78 Å². The third-order valence-corrected chi connectivity index (χ3v) is 9.88. The predicted molar refractivity (Wildman–Crippen MR) is 156 cm³/mol. The molecule has 1 amide bonds. The summed E-state index contributed by atoms with van der Waals surface area (Å²) < 4.78 is 11.0. The number of nitrogens with one attached hydrogen (secondary N) is 1. The number of rotatable bonds is 6. The molecule has 0 aromatic heterocycles. The van der Waals surface area contributed by atoms with Crippen LogP contribution in [0.2, 0.25) is 0 Å². The highest BCUT2D eigenvalue weighted by atomic mass is 16.5. The van der Waals surface area contributed by atoms with Gasteiger partial charge >= 0.3 is 0 Å². The number of amides is 1. The van der Waals surface area contributed by atoms with Gasteiger partial charge in [0.05, 0.1) is 14.2 Å². The number of methoxy groups -OCH3 is 2. The molecule has 206 valence electrons. The molecule has 2 fully saturated rings. The summed E-state index contributed by atoms with van der Waals surface area (Å²) in [6.45, 7) is 9.14. The van der Waals surface area contributed by atoms with E-state index in [1.165, 1.54) is 0 Å². The summed E-state index contributed by atoms with van der Waals surface area (Å²) in [6.07, 6.45) is 4.11. The Bertz CT molecular complexity index is 1370. The maximum Gasteiger partial charge on any atom is 0.251 e. The van der Waals surface area contributed by atoms with E-state index in [0.717, 1.165) is 36.5 Å². The first kappa shape index (κ1) is 27.2. The molecule has 3 aromatic rings. The lowest BCUT2D eigenvalue weighted by Gasteiger charge is -2.60. The van der Waals surface area contributed by atoms with Crippen molar-refractivity contribution in [3.63, 3.8) is 0 Å². The van der Waals surface area contributed by atoms with Crippen molar-refractivity contribution in [2.75, 3.05) is 14.2 Å². The first-order chi connectivity index (χ1) is 18.6. The summed E-state index contributed by atoms with van der Waals surface area (Å²) in [7, 11) is 3.21. The van der Waals surface area contributed by atoms with E-state index in [9.17, 15) is 9.59 Å². The van der Waals surface area contributed by atoms with Gasteiger partial charge in [-0.05, 0) is 77.0 Å². The van der Waals surface area contributed by atoms with Crippen LogP contribution in [0, 0.1) is 28.6 Å². The molecule has 1 N–H and O–H groups in total. The summed E-state index contributed by atoms with van der Waals surface area (Å²) >= 11 is 0. The molecule has 5 rings (SSSR count). The predicted octanol–water partition coefficient (Wildman–Crippen LogP) is 7.33. The van der Waals surface area contributed by atoms with Gasteiger partial charge in [-0.3, -0.25) is 9.59 Å². The summed E-state index contributed by atoms with van der Waals surface area (Å²) in [5.74, 6) is 1.27. The zero-order valence-electron chi connectivity index (χ0n) is 24.0. The molecule has 5 nitrogen and oxygen atoms in total. The third kappa shape index (κ3) is 4.92. The van der Waals surface area contributed by atoms with Crippen molar-refractivity contribution in [3.05, 3.63) is 71.8 Å². The van der Waals surface area contributed by atoms with Crippen molar-refractivity contribution in [3.8, 4) is 11.5 Å². The van der Waals surface area contributed by atoms with Crippen LogP contribution in [0.5, 0.6) is 11.5 Å². The fourth-order valence-corrected chi connectivity index (χ4v) is 7.87. The summed E-state index contributed by atoms with van der Waals surface area (Å²) in [5, 5.41) is 5.53. The second-order valence-corrected chi connectivity index (χ2v) is 12.6. The van der Waals surface area contributed by atoms with Crippen LogP contribution < -0.4 is 14.8 Å². The number of ketones is 1. The van der Waals surface area contributed by atoms with E-state index in [0.29, 0.717) is 28.5 Å². The van der Waals surface area contributed by atoms with Crippen LogP contribution in [0.25, 0.3) is 10.8 Å². The van der Waals surface area contributed by atoms with Crippen molar-refractivity contribution in [1.29, 1.82) is 0 Å². The van der Waals surface area contributed by atoms with Gasteiger partial charge in [-0.25, -0.2) is 0 Å². The lowest BCUT2D eigenvalue weighted by molar-refractivity contribution is -0.0902. The molecule has 0 aliphatic heterocycles. The van der Waals surface area contributed by atoms with E-state index in [-0.39, 0.29) is 40.4 Å². The number of benzene rings is 3. The zero-order valence-corrected chi connectivity index (χ0v) is 24.0. The number of hydrogen-bond donors (Lipinski definition) is 1. The maximum absolute atomic E-state index is 14.4. The van der Waals surface area contributed by atoms with Gasteiger partial charge in [-0.2, -0.15) is 0 Å². The Morgan fingerprint density at radius 3 is 2.18 bits per heavy atom. The molecular formula is C34H41NO4. The first-order valence-electron chi connectivity index (χ1n) is 14.1. The quantitative estimate of drug-likeness (QED) is 0.341. The van der Waals surface area contributed by atoms with Gasteiger partial charge < -0.3 is 14.8 Å². The van der Waals surface area contributed by atoms with Gasteiger partial charge in [0.2, 0.25) is 0 Å². The molecule has 2 aliphatic carbocycles. The summed E-state index contributed by atoms with van der Waals surface area (Å²) in [6, 6.07) is 19.2. The standard InChI is InChI=1S/C34H41NO4/c1-21-28(35-32(37)24-13-12-22-10-7-8-11-23(22)16-24)20-29-33(2,3)14-9-15-34(29,4)30(21)31(36)25-17-26(38-5)19-27(18-25)39-6/h7-8,10-13,16-19,21,28-30H,9,14-15,20H2,1-6H3,(H,35,37)/t21-,28+,29-,30+,34-/m0/s1. The minimum absolute atomic E-state index is 0.0331. The molecule has 5 heteroatoms. The van der Waals surface area contributed by atoms with Crippen LogP contribution in [0.15, 0.2) is 60.7 Å². The van der Waals surface area contributed by atoms with E-state index < -0.39 is 0 Å². The van der Waals surface area contributed by atoms with Crippen molar-refractivity contribution in [2.45, 2.75) is 59.4 Å². The second-order valence-electron chi connectivity index (χ2n) is 12.6. The fraction of sp³-hybridized carbons (Fsp3) is 0.471. The number of carbonyl (C=O) groups excluding carboxylic acids is 2. The first-order valence-corrected chi connectivity index (χ1v) is 14.1. The van der Waals surface area contributed by atoms with E-state index in [2.05, 4.69) is 39.1 Å². The van der Waals surface area contributed by atoms with Crippen molar-refractivity contribution >= 4 is 22.5 Å². The molecule has 2 aliphatic rings. The monoisotopic (exact) mass is 527 g/mol. The number of Topliss-reactive ketones (excluding diaryl/α,β-unsaturated/α-hetero) is 1. The van der Waals surface area contributed by atoms with E-state index in [1.54, 1.807) is 20.3 Å². The number of ether oxygens (including phenoxy) is 2. The van der Waals surface area contributed by atoms with Gasteiger partial charge in [-0.15, -0.1) is 0 Å². The van der Waals surface area contributed by atoms with Crippen molar-refractivity contribution in [2.24, 2.45) is 28.6 Å². The minimum atomic E-state index is -0.241. The van der Waals surface area contributed by atoms with Crippen LogP contribution in [0.3, 0.4) is 0 Å². The summed E-state index contributed by atoms with van der Waals surface area (Å²) in [4.78, 5) is 28.0. The van der Waals surface area contributed by atoms with Crippen molar-refractivity contribution in [1.82, 2.24) is 5.32 Å². The van der Waals surface area contributed by atoms with E-state index in [1.807, 2.05) is 48.5 Å². The molecule has 3 aromatic carbocycles. The van der Waals surface area contributed by atoms with E-state index in [4.69, 9.17) is 9.47 Å². The molecular weight excluding hydrogens is 486 g/mol. The Morgan fingerprint density at radius 1 is 0.846 bits per heavy atom. The van der Waals surface area contributed by atoms with Crippen LogP contribution >= 0.6 is 0 Å². The average Bonchev–Trinajstić information content (AvgIpc) is 2.93. The molecule has 5 atom stereocenters. The van der Waals surface area contributed by atoms with Gasteiger partial charge in [0, 0.05) is 29.2 Å². The molecule has 0 bridgehead atoms. The van der Waals surface area contributed by atoms with Crippen LogP contribution in [-0.2, 0) is 0 Å². The van der Waals surface area contributed by atoms with Gasteiger partial charge in [-0.1, -0.05) is 64.4 Å². The topological polar surface area (TPSA) is 64.6 Å². The molecule has 0 spiro atoms. The van der Waals surface area contributed by atoms with E-state index >= 15 is 0 Å². The fourth-order valence-electron chi connectivity index (χ4n) is 7.87. The Hall–Kier alpha value is -3.34. The second kappa shape index (κ2) is 10.3. The Kier molecular flexibility index (Phi) is 7.21. The smallest absolute Gasteiger partial charge is 0.251 e. The van der Waals surface area contributed by atoms with Crippen LogP contribution in [0.1, 0.15) is 74.1 Å². The molecule has 2 saturated carbocycles. The molecule has 0 unspecified atom stereocenters. The minimum Gasteiger partial charge on any atom is -0.497 e. The SMILES string of the molecule is COc1cc(OC)cc(C(=O)[C@H]2[C@@H](C)[C@H](NC(=O)c3ccc4ccccc4c3)C[C@H]3C(C)(C)CCC[C@]23C)c1. The molecule has 0 saturated heterocycles. The van der Waals surface area contributed by atoms with Crippen LogP contribution in [0.4, 0.5) is 0 Å². The Morgan fingerprint density at radius 2 is 1.51 bits per heavy atom. The molecule has 39 heavy (non-hydrogen) atoms. The third-order valence-electron chi connectivity index (χ3n) is 9.88. The largest absolute Gasteiger partial charge is 0.497 e. The maximum atomic E-state index is 14.4. The summed E-state index contributed by atoms with van der Waals surface area (Å²) in [5.41, 5.74) is 1.16. The molecule has 0 radical (unpaired) electrons. The normalized spacial score (nSPS) is 27.8. The van der Waals surface area contributed by atoms with Crippen molar-refractivity contribution < 1.29 is 19.1 Å². The lowest BCUT2D eigenvalue weighted by Crippen LogP contribution is -2.60. The Labute approximate surface area is 232 Å². The lowest BCUT2D eigenvalue weighted by atomic mass is 9.45.